The van der Waals surface area contributed by atoms with Gasteiger partial charge in [0.15, 0.2) is 0 Å². The fourth-order valence-corrected chi connectivity index (χ4v) is 3.25. The lowest BCUT2D eigenvalue weighted by Gasteiger charge is -2.36. The van der Waals surface area contributed by atoms with Crippen LogP contribution in [-0.4, -0.2) is 50.7 Å². The molecule has 1 unspecified atom stereocenters. The lowest BCUT2D eigenvalue weighted by molar-refractivity contribution is -0.376. The van der Waals surface area contributed by atoms with Gasteiger partial charge >= 0.3 is 24.7 Å². The summed E-state index contributed by atoms with van der Waals surface area (Å²) in [4.78, 5) is 0. The minimum absolute atomic E-state index is 0.0350. The van der Waals surface area contributed by atoms with Gasteiger partial charge in [0.25, 0.3) is 11.2 Å². The number of aliphatic hydroxyl groups is 3. The Morgan fingerprint density at radius 3 is 1.53 bits per heavy atom. The summed E-state index contributed by atoms with van der Waals surface area (Å²) in [7, 11) is 0. The topological polar surface area (TPSA) is 80.9 Å². The van der Waals surface area contributed by atoms with Crippen molar-refractivity contribution in [1.82, 2.24) is 0 Å². The van der Waals surface area contributed by atoms with Crippen LogP contribution in [0.15, 0.2) is 41.7 Å². The van der Waals surface area contributed by atoms with Crippen molar-refractivity contribution in [2.75, 3.05) is 0 Å². The summed E-state index contributed by atoms with van der Waals surface area (Å²) in [6.45, 7) is 0. The molecule has 0 aromatic heterocycles. The van der Waals surface area contributed by atoms with E-state index in [9.17, 15) is 73.1 Å². The minimum Gasteiger partial charge on any atom is -0.508 e. The SMILES string of the molecule is OC1=CCC(c2ccc(O)c(C(O)(C(F)(F)F)C(F)(F)F)c2)C=C1C(O)(C(F)(F)F)C(F)(F)F. The smallest absolute Gasteiger partial charge is 0.430 e. The van der Waals surface area contributed by atoms with E-state index in [4.69, 9.17) is 0 Å². The van der Waals surface area contributed by atoms with Crippen molar-refractivity contribution in [3.8, 4) is 5.75 Å². The number of aliphatic hydroxyl groups excluding tert-OH is 1. The Hall–Kier alpha value is -2.62. The second-order valence-electron chi connectivity index (χ2n) is 7.20. The average Bonchev–Trinajstić information content (AvgIpc) is 2.64. The Balaban J connectivity index is 2.75. The average molecular weight is 520 g/mol. The van der Waals surface area contributed by atoms with E-state index < -0.39 is 76.5 Å². The zero-order valence-electron chi connectivity index (χ0n) is 16.0. The molecule has 0 saturated heterocycles. The molecule has 0 spiro atoms. The summed E-state index contributed by atoms with van der Waals surface area (Å²) >= 11 is 0. The quantitative estimate of drug-likeness (QED) is 0.402. The fourth-order valence-electron chi connectivity index (χ4n) is 3.25. The molecule has 2 rings (SSSR count). The molecule has 192 valence electrons. The number of hydrogen-bond donors (Lipinski definition) is 4. The predicted octanol–water partition coefficient (Wildman–Crippen LogP) is 5.42. The highest BCUT2D eigenvalue weighted by molar-refractivity contribution is 5.48. The highest BCUT2D eigenvalue weighted by Gasteiger charge is 2.74. The summed E-state index contributed by atoms with van der Waals surface area (Å²) in [5.41, 5.74) is -16.5. The van der Waals surface area contributed by atoms with Gasteiger partial charge in [-0.1, -0.05) is 12.1 Å². The molecule has 0 saturated carbocycles. The molecule has 4 N–H and O–H groups in total. The third-order valence-corrected chi connectivity index (χ3v) is 5.08. The van der Waals surface area contributed by atoms with Crippen LogP contribution >= 0.6 is 0 Å². The van der Waals surface area contributed by atoms with Crippen molar-refractivity contribution in [3.63, 3.8) is 0 Å². The number of phenols is 1. The van der Waals surface area contributed by atoms with E-state index >= 15 is 0 Å². The zero-order chi connectivity index (χ0) is 26.7. The van der Waals surface area contributed by atoms with Gasteiger partial charge in [-0.05, 0) is 30.2 Å². The standard InChI is InChI=1S/C18H12F12O4/c19-15(20,21)13(33,16(22,23)24)9-5-7(1-3-11(9)31)8-2-4-12(32)10(6-8)14(34,17(25,26)27)18(28,29)30/h1,3-6,8,31-34H,2H2. The summed E-state index contributed by atoms with van der Waals surface area (Å²) in [5.74, 6) is -5.27. The van der Waals surface area contributed by atoms with Crippen LogP contribution < -0.4 is 0 Å². The monoisotopic (exact) mass is 520 g/mol. The Labute approximate surface area is 181 Å². The number of aromatic hydroxyl groups is 1. The van der Waals surface area contributed by atoms with Crippen LogP contribution in [0.3, 0.4) is 0 Å². The lowest BCUT2D eigenvalue weighted by atomic mass is 9.80. The molecule has 0 aliphatic heterocycles. The first-order valence-corrected chi connectivity index (χ1v) is 8.67. The normalized spacial score (nSPS) is 19.1. The second-order valence-corrected chi connectivity index (χ2v) is 7.20. The van der Waals surface area contributed by atoms with Crippen LogP contribution in [0.1, 0.15) is 23.5 Å². The lowest BCUT2D eigenvalue weighted by Crippen LogP contribution is -2.58. The number of allylic oxidation sites excluding steroid dienone is 2. The van der Waals surface area contributed by atoms with Gasteiger partial charge in [0.2, 0.25) is 0 Å². The van der Waals surface area contributed by atoms with Crippen molar-refractivity contribution in [2.45, 2.75) is 48.2 Å². The third kappa shape index (κ3) is 4.16. The molecule has 0 heterocycles. The number of phenolic OH excluding ortho intramolecular Hbond substituents is 1. The van der Waals surface area contributed by atoms with Gasteiger partial charge in [-0.15, -0.1) is 0 Å². The molecule has 0 bridgehead atoms. The summed E-state index contributed by atoms with van der Waals surface area (Å²) < 4.78 is 158. The minimum atomic E-state index is -6.46. The molecule has 0 radical (unpaired) electrons. The van der Waals surface area contributed by atoms with Crippen LogP contribution in [0.2, 0.25) is 0 Å². The Bertz CT molecular complexity index is 970. The first-order valence-electron chi connectivity index (χ1n) is 8.67. The maximum Gasteiger partial charge on any atom is 0.430 e. The van der Waals surface area contributed by atoms with Crippen LogP contribution in [0.4, 0.5) is 52.7 Å². The molecule has 0 amide bonds. The van der Waals surface area contributed by atoms with Crippen molar-refractivity contribution in [2.24, 2.45) is 0 Å². The molecule has 1 atom stereocenters. The molecule has 0 fully saturated rings. The van der Waals surface area contributed by atoms with E-state index in [1.807, 2.05) is 0 Å². The van der Waals surface area contributed by atoms with Gasteiger partial charge in [-0.3, -0.25) is 0 Å². The number of rotatable bonds is 3. The van der Waals surface area contributed by atoms with Gasteiger partial charge in [-0.25, -0.2) is 0 Å². The van der Waals surface area contributed by atoms with E-state index in [0.717, 1.165) is 0 Å². The van der Waals surface area contributed by atoms with Gasteiger partial charge in [-0.2, -0.15) is 52.7 Å². The van der Waals surface area contributed by atoms with Gasteiger partial charge in [0.1, 0.15) is 11.5 Å². The molecule has 34 heavy (non-hydrogen) atoms. The van der Waals surface area contributed by atoms with Gasteiger partial charge < -0.3 is 20.4 Å². The second kappa shape index (κ2) is 7.96. The number of halogens is 12. The predicted molar refractivity (Wildman–Crippen MR) is 87.3 cm³/mol. The first-order chi connectivity index (χ1) is 15.0. The van der Waals surface area contributed by atoms with E-state index in [0.29, 0.717) is 12.1 Å². The summed E-state index contributed by atoms with van der Waals surface area (Å²) in [6.07, 6.45) is -26.3. The molecular formula is C18H12F12O4. The third-order valence-electron chi connectivity index (χ3n) is 5.08. The first kappa shape index (κ1) is 27.6. The van der Waals surface area contributed by atoms with Crippen LogP contribution in [0, 0.1) is 0 Å². The molecule has 1 aromatic rings. The summed E-state index contributed by atoms with van der Waals surface area (Å²) in [6, 6.07) is 0.672. The van der Waals surface area contributed by atoms with Crippen molar-refractivity contribution >= 4 is 0 Å². The fraction of sp³-hybridized carbons (Fsp3) is 0.444. The van der Waals surface area contributed by atoms with E-state index in [-0.39, 0.29) is 18.2 Å². The largest absolute Gasteiger partial charge is 0.508 e. The van der Waals surface area contributed by atoms with Crippen molar-refractivity contribution < 1.29 is 73.1 Å². The molecule has 1 aromatic carbocycles. The Morgan fingerprint density at radius 2 is 1.12 bits per heavy atom. The van der Waals surface area contributed by atoms with E-state index in [2.05, 4.69) is 0 Å². The number of benzene rings is 1. The van der Waals surface area contributed by atoms with Crippen LogP contribution in [0.25, 0.3) is 0 Å². The Morgan fingerprint density at radius 1 is 0.676 bits per heavy atom. The van der Waals surface area contributed by atoms with Gasteiger partial charge in [0, 0.05) is 17.1 Å². The van der Waals surface area contributed by atoms with E-state index in [1.54, 1.807) is 0 Å². The molecule has 16 heteroatoms. The molecular weight excluding hydrogens is 508 g/mol. The number of alkyl halides is 12. The maximum atomic E-state index is 13.2. The van der Waals surface area contributed by atoms with Crippen molar-refractivity contribution in [3.05, 3.63) is 52.8 Å². The summed E-state index contributed by atoms with van der Waals surface area (Å²) in [5, 5.41) is 38.1. The van der Waals surface area contributed by atoms with Crippen LogP contribution in [0.5, 0.6) is 5.75 Å². The highest BCUT2D eigenvalue weighted by atomic mass is 19.4. The van der Waals surface area contributed by atoms with Gasteiger partial charge in [0.05, 0.1) is 0 Å². The molecule has 1 aliphatic rings. The number of hydrogen-bond acceptors (Lipinski definition) is 4. The van der Waals surface area contributed by atoms with Crippen molar-refractivity contribution in [1.29, 1.82) is 0 Å². The highest BCUT2D eigenvalue weighted by Crippen LogP contribution is 2.54. The van der Waals surface area contributed by atoms with E-state index in [1.165, 1.54) is 0 Å². The molecule has 4 nitrogen and oxygen atoms in total. The maximum absolute atomic E-state index is 13.2. The Kier molecular flexibility index (Phi) is 6.47. The zero-order valence-corrected chi connectivity index (χ0v) is 16.0. The van der Waals surface area contributed by atoms with Crippen LogP contribution in [-0.2, 0) is 5.60 Å². The molecule has 1 aliphatic carbocycles.